The second-order valence-electron chi connectivity index (χ2n) is 4.51. The van der Waals surface area contributed by atoms with Gasteiger partial charge in [0.2, 0.25) is 10.0 Å². The highest BCUT2D eigenvalue weighted by atomic mass is 35.5. The molecule has 106 valence electrons. The van der Waals surface area contributed by atoms with Gasteiger partial charge in [0.25, 0.3) is 0 Å². The fourth-order valence-electron chi connectivity index (χ4n) is 2.08. The highest BCUT2D eigenvalue weighted by molar-refractivity contribution is 7.90. The summed E-state index contributed by atoms with van der Waals surface area (Å²) >= 11 is 5.91. The minimum Gasteiger partial charge on any atom is -0.380 e. The number of ether oxygens (including phenoxy) is 1. The van der Waals surface area contributed by atoms with E-state index < -0.39 is 27.1 Å². The Labute approximate surface area is 117 Å². The van der Waals surface area contributed by atoms with Crippen LogP contribution in [0, 0.1) is 5.82 Å². The highest BCUT2D eigenvalue weighted by Crippen LogP contribution is 2.27. The summed E-state index contributed by atoms with van der Waals surface area (Å²) in [5, 5.41) is -0.377. The van der Waals surface area contributed by atoms with Crippen LogP contribution in [0.4, 0.5) is 4.39 Å². The normalized spacial score (nSPS) is 21.5. The van der Waals surface area contributed by atoms with Crippen LogP contribution in [0.5, 0.6) is 0 Å². The van der Waals surface area contributed by atoms with Crippen molar-refractivity contribution in [2.24, 2.45) is 0 Å². The SMILES string of the molecule is CC(NS(=O)(=O)C1CCOC1)c1c(F)cccc1Cl. The first kappa shape index (κ1) is 14.7. The predicted molar refractivity (Wildman–Crippen MR) is 71.1 cm³/mol. The van der Waals surface area contributed by atoms with E-state index in [4.69, 9.17) is 16.3 Å². The number of rotatable bonds is 4. The Morgan fingerprint density at radius 3 is 2.84 bits per heavy atom. The Hall–Kier alpha value is -0.690. The molecule has 0 bridgehead atoms. The van der Waals surface area contributed by atoms with Gasteiger partial charge in [-0.15, -0.1) is 0 Å². The summed E-state index contributed by atoms with van der Waals surface area (Å²) in [6, 6.07) is 3.54. The Kier molecular flexibility index (Phi) is 4.45. The molecule has 0 aliphatic carbocycles. The van der Waals surface area contributed by atoms with Gasteiger partial charge in [-0.05, 0) is 25.5 Å². The molecule has 1 fully saturated rings. The Balaban J connectivity index is 2.19. The van der Waals surface area contributed by atoms with Crippen LogP contribution in [-0.4, -0.2) is 26.9 Å². The third-order valence-corrected chi connectivity index (χ3v) is 5.36. The number of nitrogens with one attached hydrogen (secondary N) is 1. The van der Waals surface area contributed by atoms with Crippen molar-refractivity contribution in [1.29, 1.82) is 0 Å². The van der Waals surface area contributed by atoms with Gasteiger partial charge in [0.15, 0.2) is 0 Å². The standard InChI is InChI=1S/C12H15ClFNO3S/c1-8(12-10(13)3-2-4-11(12)14)15-19(16,17)9-5-6-18-7-9/h2-4,8-9,15H,5-7H2,1H3. The first-order valence-corrected chi connectivity index (χ1v) is 7.87. The average Bonchev–Trinajstić information content (AvgIpc) is 2.81. The summed E-state index contributed by atoms with van der Waals surface area (Å²) in [6.07, 6.45) is 0.451. The topological polar surface area (TPSA) is 55.4 Å². The maximum Gasteiger partial charge on any atom is 0.217 e. The van der Waals surface area contributed by atoms with Crippen LogP contribution in [0.1, 0.15) is 24.9 Å². The Morgan fingerprint density at radius 2 is 2.26 bits per heavy atom. The fraction of sp³-hybridized carbons (Fsp3) is 0.500. The minimum absolute atomic E-state index is 0.159. The third kappa shape index (κ3) is 3.25. The van der Waals surface area contributed by atoms with Gasteiger partial charge in [0.1, 0.15) is 11.1 Å². The molecule has 2 atom stereocenters. The van der Waals surface area contributed by atoms with Gasteiger partial charge in [0, 0.05) is 23.2 Å². The minimum atomic E-state index is -3.54. The van der Waals surface area contributed by atoms with Crippen molar-refractivity contribution in [3.05, 3.63) is 34.6 Å². The lowest BCUT2D eigenvalue weighted by molar-refractivity contribution is 0.198. The van der Waals surface area contributed by atoms with E-state index in [2.05, 4.69) is 4.72 Å². The first-order valence-electron chi connectivity index (χ1n) is 5.94. The lowest BCUT2D eigenvalue weighted by atomic mass is 10.1. The largest absolute Gasteiger partial charge is 0.380 e. The van der Waals surface area contributed by atoms with Crippen molar-refractivity contribution in [2.75, 3.05) is 13.2 Å². The number of halogens is 2. The van der Waals surface area contributed by atoms with E-state index in [0.717, 1.165) is 0 Å². The van der Waals surface area contributed by atoms with Crippen molar-refractivity contribution in [1.82, 2.24) is 4.72 Å². The Bertz CT molecular complexity index is 538. The molecule has 19 heavy (non-hydrogen) atoms. The summed E-state index contributed by atoms with van der Waals surface area (Å²) in [6.45, 7) is 2.17. The van der Waals surface area contributed by atoms with E-state index in [1.807, 2.05) is 0 Å². The van der Waals surface area contributed by atoms with Crippen LogP contribution in [0.25, 0.3) is 0 Å². The molecule has 1 aliphatic heterocycles. The molecule has 1 heterocycles. The van der Waals surface area contributed by atoms with Gasteiger partial charge in [-0.25, -0.2) is 17.5 Å². The van der Waals surface area contributed by atoms with Crippen molar-refractivity contribution >= 4 is 21.6 Å². The maximum absolute atomic E-state index is 13.7. The molecule has 2 unspecified atom stereocenters. The van der Waals surface area contributed by atoms with Gasteiger partial charge in [0.05, 0.1) is 6.61 Å². The van der Waals surface area contributed by atoms with Crippen LogP contribution in [-0.2, 0) is 14.8 Å². The number of benzene rings is 1. The van der Waals surface area contributed by atoms with Crippen LogP contribution < -0.4 is 4.72 Å². The molecule has 1 aromatic carbocycles. The molecule has 2 rings (SSSR count). The number of sulfonamides is 1. The summed E-state index contributed by atoms with van der Waals surface area (Å²) in [5.74, 6) is -0.523. The summed E-state index contributed by atoms with van der Waals surface area (Å²) in [4.78, 5) is 0. The second kappa shape index (κ2) is 5.75. The van der Waals surface area contributed by atoms with E-state index in [0.29, 0.717) is 13.0 Å². The molecule has 7 heteroatoms. The van der Waals surface area contributed by atoms with E-state index in [9.17, 15) is 12.8 Å². The fourth-order valence-corrected chi connectivity index (χ4v) is 3.90. The van der Waals surface area contributed by atoms with Crippen LogP contribution >= 0.6 is 11.6 Å². The molecular weight excluding hydrogens is 293 g/mol. The molecule has 0 amide bonds. The first-order chi connectivity index (χ1) is 8.92. The van der Waals surface area contributed by atoms with Gasteiger partial charge >= 0.3 is 0 Å². The maximum atomic E-state index is 13.7. The predicted octanol–water partition coefficient (Wildman–Crippen LogP) is 2.25. The zero-order valence-electron chi connectivity index (χ0n) is 10.4. The van der Waals surface area contributed by atoms with Crippen LogP contribution in [0.15, 0.2) is 18.2 Å². The van der Waals surface area contributed by atoms with Crippen molar-refractivity contribution in [3.8, 4) is 0 Å². The van der Waals surface area contributed by atoms with E-state index in [1.165, 1.54) is 18.2 Å². The monoisotopic (exact) mass is 307 g/mol. The number of hydrogen-bond acceptors (Lipinski definition) is 3. The van der Waals surface area contributed by atoms with Crippen molar-refractivity contribution in [3.63, 3.8) is 0 Å². The molecule has 1 N–H and O–H groups in total. The smallest absolute Gasteiger partial charge is 0.217 e. The zero-order chi connectivity index (χ0) is 14.0. The molecule has 0 spiro atoms. The van der Waals surface area contributed by atoms with Gasteiger partial charge in [-0.3, -0.25) is 0 Å². The van der Waals surface area contributed by atoms with E-state index >= 15 is 0 Å². The molecule has 4 nitrogen and oxygen atoms in total. The van der Waals surface area contributed by atoms with Gasteiger partial charge in [-0.1, -0.05) is 17.7 Å². The van der Waals surface area contributed by atoms with Gasteiger partial charge < -0.3 is 4.74 Å². The summed E-state index contributed by atoms with van der Waals surface area (Å²) in [7, 11) is -3.54. The third-order valence-electron chi connectivity index (χ3n) is 3.10. The second-order valence-corrected chi connectivity index (χ2v) is 6.91. The highest BCUT2D eigenvalue weighted by Gasteiger charge is 2.31. The zero-order valence-corrected chi connectivity index (χ0v) is 12.0. The van der Waals surface area contributed by atoms with E-state index in [1.54, 1.807) is 6.92 Å². The van der Waals surface area contributed by atoms with Gasteiger partial charge in [-0.2, -0.15) is 0 Å². The molecule has 1 aliphatic rings. The van der Waals surface area contributed by atoms with Crippen molar-refractivity contribution in [2.45, 2.75) is 24.6 Å². The molecule has 0 radical (unpaired) electrons. The molecule has 1 aromatic rings. The van der Waals surface area contributed by atoms with E-state index in [-0.39, 0.29) is 17.2 Å². The van der Waals surface area contributed by atoms with Crippen LogP contribution in [0.2, 0.25) is 5.02 Å². The molecule has 0 aromatic heterocycles. The quantitative estimate of drug-likeness (QED) is 0.928. The molecule has 1 saturated heterocycles. The molecular formula is C12H15ClFNO3S. The average molecular weight is 308 g/mol. The number of hydrogen-bond donors (Lipinski definition) is 1. The van der Waals surface area contributed by atoms with Crippen LogP contribution in [0.3, 0.4) is 0 Å². The lowest BCUT2D eigenvalue weighted by Gasteiger charge is -2.19. The Morgan fingerprint density at radius 1 is 1.53 bits per heavy atom. The molecule has 0 saturated carbocycles. The summed E-state index contributed by atoms with van der Waals surface area (Å²) < 4.78 is 45.4. The summed E-state index contributed by atoms with van der Waals surface area (Å²) in [5.41, 5.74) is 0.159. The van der Waals surface area contributed by atoms with Crippen molar-refractivity contribution < 1.29 is 17.5 Å². The lowest BCUT2D eigenvalue weighted by Crippen LogP contribution is -2.36.